The Bertz CT molecular complexity index is 744. The van der Waals surface area contributed by atoms with Gasteiger partial charge in [0.25, 0.3) is 11.8 Å². The van der Waals surface area contributed by atoms with E-state index in [0.29, 0.717) is 5.56 Å². The number of hydrogen-bond donors (Lipinski definition) is 0. The molecule has 0 radical (unpaired) electrons. The topological polar surface area (TPSA) is 23.6 Å². The van der Waals surface area contributed by atoms with Gasteiger partial charge in [-0.3, -0.25) is 4.79 Å². The van der Waals surface area contributed by atoms with Gasteiger partial charge in [-0.05, 0) is 48.3 Å². The molecule has 1 fully saturated rings. The molecular formula is C20H22F2N2O. The number of benzene rings is 1. The SMILES string of the molecule is O=C(c1ccc2c(c1)CCN(C1=CC=C1)CC2)N1CCC(F)(F)CC1. The summed E-state index contributed by atoms with van der Waals surface area (Å²) in [6, 6.07) is 5.86. The van der Waals surface area contributed by atoms with Crippen molar-refractivity contribution in [1.82, 2.24) is 9.80 Å². The Morgan fingerprint density at radius 3 is 2.32 bits per heavy atom. The molecule has 2 heterocycles. The number of amides is 1. The molecule has 5 heteroatoms. The lowest BCUT2D eigenvalue weighted by molar-refractivity contribution is -0.0494. The summed E-state index contributed by atoms with van der Waals surface area (Å²) in [6.07, 6.45) is 7.69. The molecule has 0 spiro atoms. The van der Waals surface area contributed by atoms with Crippen molar-refractivity contribution in [2.24, 2.45) is 0 Å². The molecular weight excluding hydrogens is 322 g/mol. The van der Waals surface area contributed by atoms with E-state index in [0.717, 1.165) is 25.9 Å². The molecule has 0 unspecified atom stereocenters. The summed E-state index contributed by atoms with van der Waals surface area (Å²) in [6.45, 7) is 2.20. The highest BCUT2D eigenvalue weighted by molar-refractivity contribution is 5.94. The highest BCUT2D eigenvalue weighted by Crippen LogP contribution is 2.29. The molecule has 0 atom stereocenters. The van der Waals surface area contributed by atoms with E-state index in [1.54, 1.807) is 4.90 Å². The van der Waals surface area contributed by atoms with E-state index in [4.69, 9.17) is 0 Å². The first-order valence-corrected chi connectivity index (χ1v) is 8.94. The van der Waals surface area contributed by atoms with E-state index < -0.39 is 5.92 Å². The van der Waals surface area contributed by atoms with Crippen LogP contribution in [0.2, 0.25) is 0 Å². The molecule has 1 aromatic rings. The van der Waals surface area contributed by atoms with Crippen LogP contribution in [-0.2, 0) is 12.8 Å². The first-order valence-electron chi connectivity index (χ1n) is 8.94. The van der Waals surface area contributed by atoms with Gasteiger partial charge < -0.3 is 9.80 Å². The predicted octanol–water partition coefficient (Wildman–Crippen LogP) is 3.41. The van der Waals surface area contributed by atoms with Crippen LogP contribution in [0.5, 0.6) is 0 Å². The molecule has 0 aromatic heterocycles. The second kappa shape index (κ2) is 6.28. The Morgan fingerprint density at radius 2 is 1.68 bits per heavy atom. The summed E-state index contributed by atoms with van der Waals surface area (Å²) in [5, 5.41) is 0. The van der Waals surface area contributed by atoms with Crippen LogP contribution in [0.4, 0.5) is 8.78 Å². The smallest absolute Gasteiger partial charge is 0.253 e. The van der Waals surface area contributed by atoms with Crippen molar-refractivity contribution in [3.05, 3.63) is 58.8 Å². The summed E-state index contributed by atoms with van der Waals surface area (Å²) in [4.78, 5) is 16.6. The highest BCUT2D eigenvalue weighted by atomic mass is 19.3. The summed E-state index contributed by atoms with van der Waals surface area (Å²) in [7, 11) is 0. The molecule has 132 valence electrons. The first kappa shape index (κ1) is 16.3. The summed E-state index contributed by atoms with van der Waals surface area (Å²) < 4.78 is 26.6. The number of fused-ring (bicyclic) bond motifs is 1. The summed E-state index contributed by atoms with van der Waals surface area (Å²) in [5.74, 6) is -2.75. The molecule has 1 aliphatic carbocycles. The summed E-state index contributed by atoms with van der Waals surface area (Å²) in [5.41, 5.74) is 4.39. The lowest BCUT2D eigenvalue weighted by Gasteiger charge is -2.31. The van der Waals surface area contributed by atoms with Crippen molar-refractivity contribution in [3.63, 3.8) is 0 Å². The molecule has 3 nitrogen and oxygen atoms in total. The van der Waals surface area contributed by atoms with E-state index >= 15 is 0 Å². The molecule has 25 heavy (non-hydrogen) atoms. The van der Waals surface area contributed by atoms with Crippen molar-refractivity contribution in [3.8, 4) is 0 Å². The van der Waals surface area contributed by atoms with Gasteiger partial charge in [0.05, 0.1) is 0 Å². The van der Waals surface area contributed by atoms with E-state index in [1.807, 2.05) is 24.3 Å². The fraction of sp³-hybridized carbons (Fsp3) is 0.450. The van der Waals surface area contributed by atoms with Crippen LogP contribution in [0.15, 0.2) is 42.1 Å². The average molecular weight is 344 g/mol. The van der Waals surface area contributed by atoms with Gasteiger partial charge in [0.15, 0.2) is 0 Å². The van der Waals surface area contributed by atoms with Crippen LogP contribution in [0.1, 0.15) is 34.3 Å². The number of allylic oxidation sites excluding steroid dienone is 3. The monoisotopic (exact) mass is 344 g/mol. The molecule has 4 rings (SSSR count). The van der Waals surface area contributed by atoms with Gasteiger partial charge >= 0.3 is 0 Å². The number of rotatable bonds is 2. The van der Waals surface area contributed by atoms with Crippen molar-refractivity contribution in [1.29, 1.82) is 0 Å². The number of carbonyl (C=O) groups is 1. The Morgan fingerprint density at radius 1 is 1.00 bits per heavy atom. The van der Waals surface area contributed by atoms with Gasteiger partial charge in [-0.25, -0.2) is 8.78 Å². The van der Waals surface area contributed by atoms with E-state index in [9.17, 15) is 13.6 Å². The van der Waals surface area contributed by atoms with Crippen molar-refractivity contribution >= 4 is 5.91 Å². The highest BCUT2D eigenvalue weighted by Gasteiger charge is 2.35. The third-order valence-electron chi connectivity index (χ3n) is 5.44. The van der Waals surface area contributed by atoms with Crippen molar-refractivity contribution in [2.45, 2.75) is 31.6 Å². The Balaban J connectivity index is 1.46. The fourth-order valence-corrected chi connectivity index (χ4v) is 3.73. The number of piperidine rings is 1. The second-order valence-electron chi connectivity index (χ2n) is 7.07. The maximum absolute atomic E-state index is 13.3. The van der Waals surface area contributed by atoms with Gasteiger partial charge in [-0.2, -0.15) is 0 Å². The minimum Gasteiger partial charge on any atom is -0.371 e. The molecule has 2 aliphatic heterocycles. The van der Waals surface area contributed by atoms with Gasteiger partial charge in [-0.15, -0.1) is 0 Å². The Hall–Kier alpha value is -2.17. The Labute approximate surface area is 146 Å². The third-order valence-corrected chi connectivity index (χ3v) is 5.44. The number of halogens is 2. The van der Waals surface area contributed by atoms with Crippen molar-refractivity contribution in [2.75, 3.05) is 26.2 Å². The van der Waals surface area contributed by atoms with Crippen LogP contribution in [0.25, 0.3) is 0 Å². The molecule has 1 amide bonds. The van der Waals surface area contributed by atoms with Crippen LogP contribution in [-0.4, -0.2) is 47.8 Å². The van der Waals surface area contributed by atoms with Gasteiger partial charge in [0.2, 0.25) is 0 Å². The molecule has 0 bridgehead atoms. The minimum atomic E-state index is -2.63. The maximum atomic E-state index is 13.3. The fourth-order valence-electron chi connectivity index (χ4n) is 3.73. The number of likely N-dealkylation sites (tertiary alicyclic amines) is 1. The van der Waals surface area contributed by atoms with E-state index in [-0.39, 0.29) is 31.8 Å². The standard InChI is InChI=1S/C20H22F2N2O/c21-20(22)8-12-24(13-9-20)19(25)17-5-4-15-6-10-23(18-2-1-3-18)11-7-16(15)14-17/h1-5,14H,6-13H2. The Kier molecular flexibility index (Phi) is 4.10. The molecule has 1 saturated heterocycles. The molecule has 3 aliphatic rings. The number of carbonyl (C=O) groups excluding carboxylic acids is 1. The normalized spacial score (nSPS) is 21.9. The van der Waals surface area contributed by atoms with E-state index in [1.165, 1.54) is 16.8 Å². The number of nitrogens with zero attached hydrogens (tertiary/aromatic N) is 2. The largest absolute Gasteiger partial charge is 0.371 e. The first-order chi connectivity index (χ1) is 12.0. The van der Waals surface area contributed by atoms with Gasteiger partial charge in [0.1, 0.15) is 0 Å². The van der Waals surface area contributed by atoms with E-state index in [2.05, 4.69) is 17.1 Å². The third kappa shape index (κ3) is 3.32. The second-order valence-corrected chi connectivity index (χ2v) is 7.07. The van der Waals surface area contributed by atoms with Crippen LogP contribution >= 0.6 is 0 Å². The van der Waals surface area contributed by atoms with Gasteiger partial charge in [0, 0.05) is 50.3 Å². The lowest BCUT2D eigenvalue weighted by atomic mass is 9.98. The van der Waals surface area contributed by atoms with Gasteiger partial charge in [-0.1, -0.05) is 12.1 Å². The maximum Gasteiger partial charge on any atom is 0.253 e. The van der Waals surface area contributed by atoms with Crippen LogP contribution in [0.3, 0.4) is 0 Å². The van der Waals surface area contributed by atoms with Crippen LogP contribution < -0.4 is 0 Å². The molecule has 0 saturated carbocycles. The molecule has 0 N–H and O–H groups in total. The summed E-state index contributed by atoms with van der Waals surface area (Å²) >= 11 is 0. The number of alkyl halides is 2. The van der Waals surface area contributed by atoms with Crippen LogP contribution in [0, 0.1) is 0 Å². The zero-order valence-corrected chi connectivity index (χ0v) is 14.2. The quantitative estimate of drug-likeness (QED) is 0.821. The van der Waals surface area contributed by atoms with Crippen molar-refractivity contribution < 1.29 is 13.6 Å². The predicted molar refractivity (Wildman–Crippen MR) is 92.7 cm³/mol. The molecule has 1 aromatic carbocycles. The number of hydrogen-bond acceptors (Lipinski definition) is 2. The zero-order valence-electron chi connectivity index (χ0n) is 14.2. The minimum absolute atomic E-state index is 0.121. The zero-order chi connectivity index (χ0) is 17.4. The average Bonchev–Trinajstić information content (AvgIpc) is 2.75. The lowest BCUT2D eigenvalue weighted by Crippen LogP contribution is -2.42.